The molecule has 0 saturated heterocycles. The van der Waals surface area contributed by atoms with Crippen molar-refractivity contribution in [1.29, 1.82) is 0 Å². The fourth-order valence-corrected chi connectivity index (χ4v) is 0.342. The molecule has 3 heteroatoms. The van der Waals surface area contributed by atoms with E-state index in [9.17, 15) is 0 Å². The minimum Gasteiger partial charge on any atom is -0.0622 e. The minimum atomic E-state index is 0. The molecule has 1 aromatic rings. The van der Waals surface area contributed by atoms with Crippen molar-refractivity contribution in [3.8, 4) is 0 Å². The Morgan fingerprint density at radius 2 is 1.22 bits per heavy atom. The van der Waals surface area contributed by atoms with Crippen molar-refractivity contribution in [2.24, 2.45) is 0 Å². The standard InChI is InChI=1S/C6H5.2Li.H3N.2H/c1-2-4-6-5-3-1;;;;;/h1-5H;;;1H3;;. The zero-order chi connectivity index (χ0) is 4.24. The van der Waals surface area contributed by atoms with Gasteiger partial charge in [-0.2, -0.15) is 0 Å². The summed E-state index contributed by atoms with van der Waals surface area (Å²) in [5.41, 5.74) is 0. The second-order valence-corrected chi connectivity index (χ2v) is 1.08. The van der Waals surface area contributed by atoms with Crippen molar-refractivity contribution in [3.05, 3.63) is 36.4 Å². The Kier molecular flexibility index (Phi) is 20.2. The van der Waals surface area contributed by atoms with Crippen LogP contribution in [0.1, 0.15) is 0 Å². The van der Waals surface area contributed by atoms with E-state index in [1.54, 1.807) is 0 Å². The molecule has 0 fully saturated rings. The van der Waals surface area contributed by atoms with Crippen molar-refractivity contribution in [1.82, 2.24) is 6.15 Å². The topological polar surface area (TPSA) is 35.0 Å². The normalized spacial score (nSPS) is 5.33. The fourth-order valence-electron chi connectivity index (χ4n) is 0.342. The SMILES string of the molecule is N.[LiH].[LiH].[c]1ccccc1. The molecule has 3 N–H and O–H groups in total. The van der Waals surface area contributed by atoms with Gasteiger partial charge in [0.1, 0.15) is 0 Å². The average Bonchev–Trinajstić information content (AvgIpc) is 1.72. The second-order valence-electron chi connectivity index (χ2n) is 1.08. The van der Waals surface area contributed by atoms with Gasteiger partial charge in [-0.3, -0.25) is 0 Å². The molecule has 0 aliphatic carbocycles. The van der Waals surface area contributed by atoms with Gasteiger partial charge in [0.2, 0.25) is 0 Å². The van der Waals surface area contributed by atoms with Gasteiger partial charge in [-0.15, -0.1) is 0 Å². The van der Waals surface area contributed by atoms with Crippen LogP contribution in [0.4, 0.5) is 0 Å². The Balaban J connectivity index is -0.000000120. The third-order valence-corrected chi connectivity index (χ3v) is 0.607. The summed E-state index contributed by atoms with van der Waals surface area (Å²) >= 11 is 0. The van der Waals surface area contributed by atoms with Gasteiger partial charge < -0.3 is 6.15 Å². The number of benzene rings is 1. The molecule has 41 valence electrons. The second kappa shape index (κ2) is 11.2. The van der Waals surface area contributed by atoms with Crippen LogP contribution in [-0.4, -0.2) is 37.7 Å². The molecular formula is C6H10Li2N. The van der Waals surface area contributed by atoms with Crippen LogP contribution in [0.5, 0.6) is 0 Å². The number of hydrogen-bond acceptors (Lipinski definition) is 1. The first kappa shape index (κ1) is 16.2. The molecule has 1 rings (SSSR count). The summed E-state index contributed by atoms with van der Waals surface area (Å²) in [5, 5.41) is 0. The molecule has 1 nitrogen and oxygen atoms in total. The van der Waals surface area contributed by atoms with Crippen LogP contribution >= 0.6 is 0 Å². The van der Waals surface area contributed by atoms with Crippen molar-refractivity contribution in [2.75, 3.05) is 0 Å². The molecule has 0 aliphatic heterocycles. The molecule has 0 spiro atoms. The van der Waals surface area contributed by atoms with Crippen LogP contribution in [0, 0.1) is 6.07 Å². The summed E-state index contributed by atoms with van der Waals surface area (Å²) < 4.78 is 0. The number of hydrogen-bond donors (Lipinski definition) is 1. The third kappa shape index (κ3) is 8.37. The van der Waals surface area contributed by atoms with Crippen molar-refractivity contribution in [2.45, 2.75) is 0 Å². The van der Waals surface area contributed by atoms with Crippen molar-refractivity contribution < 1.29 is 0 Å². The van der Waals surface area contributed by atoms with Crippen LogP contribution in [0.15, 0.2) is 30.3 Å². The van der Waals surface area contributed by atoms with Gasteiger partial charge in [0.25, 0.3) is 0 Å². The summed E-state index contributed by atoms with van der Waals surface area (Å²) in [6.45, 7) is 0. The molecule has 0 unspecified atom stereocenters. The zero-order valence-corrected chi connectivity index (χ0v) is 4.09. The van der Waals surface area contributed by atoms with E-state index in [1.807, 2.05) is 30.3 Å². The molecule has 9 heavy (non-hydrogen) atoms. The van der Waals surface area contributed by atoms with Gasteiger partial charge in [-0.05, 0) is 6.07 Å². The summed E-state index contributed by atoms with van der Waals surface area (Å²) in [7, 11) is 0. The third-order valence-electron chi connectivity index (χ3n) is 0.607. The molecule has 0 bridgehead atoms. The average molecular weight is 110 g/mol. The largest absolute Gasteiger partial charge is 0.0622 e. The van der Waals surface area contributed by atoms with Crippen LogP contribution in [0.25, 0.3) is 0 Å². The van der Waals surface area contributed by atoms with E-state index in [2.05, 4.69) is 6.07 Å². The summed E-state index contributed by atoms with van der Waals surface area (Å²) in [4.78, 5) is 0. The Morgan fingerprint density at radius 1 is 0.778 bits per heavy atom. The predicted molar refractivity (Wildman–Crippen MR) is 44.6 cm³/mol. The Labute approximate surface area is 80.2 Å². The Bertz CT molecular complexity index is 83.0. The molecule has 0 atom stereocenters. The molecule has 0 aromatic heterocycles. The maximum atomic E-state index is 2.89. The van der Waals surface area contributed by atoms with Gasteiger partial charge in [0.15, 0.2) is 0 Å². The van der Waals surface area contributed by atoms with E-state index in [0.29, 0.717) is 0 Å². The Morgan fingerprint density at radius 3 is 1.33 bits per heavy atom. The van der Waals surface area contributed by atoms with Gasteiger partial charge in [0, 0.05) is 0 Å². The van der Waals surface area contributed by atoms with Crippen LogP contribution in [0.2, 0.25) is 0 Å². The molecule has 0 saturated carbocycles. The van der Waals surface area contributed by atoms with E-state index in [0.717, 1.165) is 0 Å². The molecule has 0 aliphatic rings. The maximum absolute atomic E-state index is 2.89. The fraction of sp³-hybridized carbons (Fsp3) is 0. The Hall–Kier alpha value is 0.375. The summed E-state index contributed by atoms with van der Waals surface area (Å²) in [6, 6.07) is 12.5. The van der Waals surface area contributed by atoms with E-state index >= 15 is 0 Å². The number of rotatable bonds is 0. The first-order valence-corrected chi connectivity index (χ1v) is 1.91. The van der Waals surface area contributed by atoms with Crippen molar-refractivity contribution in [3.63, 3.8) is 0 Å². The summed E-state index contributed by atoms with van der Waals surface area (Å²) in [5.74, 6) is 0. The van der Waals surface area contributed by atoms with Crippen LogP contribution in [-0.2, 0) is 0 Å². The molecule has 0 amide bonds. The zero-order valence-electron chi connectivity index (χ0n) is 4.09. The minimum absolute atomic E-state index is 0. The van der Waals surface area contributed by atoms with Crippen molar-refractivity contribution >= 4 is 37.7 Å². The first-order chi connectivity index (χ1) is 3.00. The molecule has 1 aromatic carbocycles. The maximum Gasteiger partial charge on any atom is -0.0184 e. The smallest absolute Gasteiger partial charge is 0.0184 e. The monoisotopic (exact) mass is 110 g/mol. The molecule has 1 radical (unpaired) electrons. The molecular weight excluding hydrogens is 100.0 g/mol. The van der Waals surface area contributed by atoms with Crippen LogP contribution < -0.4 is 6.15 Å². The van der Waals surface area contributed by atoms with E-state index < -0.39 is 0 Å². The first-order valence-electron chi connectivity index (χ1n) is 1.91. The predicted octanol–water partition coefficient (Wildman–Crippen LogP) is 0.352. The summed E-state index contributed by atoms with van der Waals surface area (Å²) in [6.07, 6.45) is 0. The van der Waals surface area contributed by atoms with E-state index in [1.165, 1.54) is 0 Å². The molecule has 0 heterocycles. The quantitative estimate of drug-likeness (QED) is 0.480. The van der Waals surface area contributed by atoms with Gasteiger partial charge >= 0.3 is 37.7 Å². The van der Waals surface area contributed by atoms with Gasteiger partial charge in [-0.25, -0.2) is 0 Å². The van der Waals surface area contributed by atoms with E-state index in [-0.39, 0.29) is 43.9 Å². The van der Waals surface area contributed by atoms with Crippen LogP contribution in [0.3, 0.4) is 0 Å². The van der Waals surface area contributed by atoms with Gasteiger partial charge in [-0.1, -0.05) is 30.3 Å². The van der Waals surface area contributed by atoms with Gasteiger partial charge in [0.05, 0.1) is 0 Å². The van der Waals surface area contributed by atoms with E-state index in [4.69, 9.17) is 0 Å².